The largest absolute Gasteiger partial charge is 0.394 e. The molecule has 0 saturated carbocycles. The molecule has 0 spiro atoms. The molecule has 1 aliphatic rings. The highest BCUT2D eigenvalue weighted by Crippen LogP contribution is 2.28. The first-order valence-electron chi connectivity index (χ1n) is 6.14. The predicted octanol–water partition coefficient (Wildman–Crippen LogP) is 2.42. The Labute approximate surface area is 97.9 Å². The van der Waals surface area contributed by atoms with Crippen molar-refractivity contribution in [2.45, 2.75) is 38.3 Å². The molecule has 2 rings (SSSR count). The van der Waals surface area contributed by atoms with E-state index < -0.39 is 0 Å². The van der Waals surface area contributed by atoms with E-state index in [4.69, 9.17) is 0 Å². The second kappa shape index (κ2) is 4.98. The van der Waals surface area contributed by atoms with Gasteiger partial charge in [0.25, 0.3) is 0 Å². The summed E-state index contributed by atoms with van der Waals surface area (Å²) in [6, 6.07) is 10.5. The standard InChI is InChI=1S/C14H21NO/c1-14(12-16)9-5-6-10-15(14)11-13-7-3-2-4-8-13/h2-4,7-8,16H,5-6,9-12H2,1H3/t14-/m1/s1. The fourth-order valence-corrected chi connectivity index (χ4v) is 2.49. The summed E-state index contributed by atoms with van der Waals surface area (Å²) in [5.74, 6) is 0. The maximum Gasteiger partial charge on any atom is 0.0612 e. The normalized spacial score (nSPS) is 26.9. The summed E-state index contributed by atoms with van der Waals surface area (Å²) in [6.07, 6.45) is 3.60. The molecule has 0 radical (unpaired) electrons. The van der Waals surface area contributed by atoms with Gasteiger partial charge in [0.1, 0.15) is 0 Å². The third-order valence-corrected chi connectivity index (χ3v) is 3.71. The van der Waals surface area contributed by atoms with Gasteiger partial charge in [-0.15, -0.1) is 0 Å². The molecule has 2 nitrogen and oxygen atoms in total. The maximum atomic E-state index is 9.56. The van der Waals surface area contributed by atoms with Crippen LogP contribution in [0.3, 0.4) is 0 Å². The molecule has 0 aromatic heterocycles. The van der Waals surface area contributed by atoms with E-state index in [9.17, 15) is 5.11 Å². The van der Waals surface area contributed by atoms with E-state index in [1.165, 1.54) is 18.4 Å². The van der Waals surface area contributed by atoms with Gasteiger partial charge in [0.2, 0.25) is 0 Å². The van der Waals surface area contributed by atoms with E-state index in [-0.39, 0.29) is 12.1 Å². The molecule has 1 aromatic carbocycles. The van der Waals surface area contributed by atoms with Crippen molar-refractivity contribution in [3.63, 3.8) is 0 Å². The highest BCUT2D eigenvalue weighted by molar-refractivity contribution is 5.15. The van der Waals surface area contributed by atoms with Crippen molar-refractivity contribution in [2.24, 2.45) is 0 Å². The summed E-state index contributed by atoms with van der Waals surface area (Å²) in [4.78, 5) is 2.42. The molecule has 2 heteroatoms. The molecule has 1 atom stereocenters. The van der Waals surface area contributed by atoms with Crippen molar-refractivity contribution in [2.75, 3.05) is 13.2 Å². The van der Waals surface area contributed by atoms with Gasteiger partial charge in [-0.25, -0.2) is 0 Å². The third-order valence-electron chi connectivity index (χ3n) is 3.71. The first-order chi connectivity index (χ1) is 7.74. The molecule has 1 aromatic rings. The molecule has 1 aliphatic heterocycles. The SMILES string of the molecule is C[C@]1(CO)CCCCN1Cc1ccccc1. The molecule has 1 heterocycles. The average Bonchev–Trinajstić information content (AvgIpc) is 2.34. The molecule has 1 saturated heterocycles. The molecule has 0 unspecified atom stereocenters. The molecule has 88 valence electrons. The van der Waals surface area contributed by atoms with Crippen molar-refractivity contribution in [3.8, 4) is 0 Å². The number of benzene rings is 1. The third kappa shape index (κ3) is 2.45. The number of aliphatic hydroxyl groups is 1. The van der Waals surface area contributed by atoms with Gasteiger partial charge in [0.15, 0.2) is 0 Å². The van der Waals surface area contributed by atoms with Gasteiger partial charge in [-0.3, -0.25) is 4.90 Å². The summed E-state index contributed by atoms with van der Waals surface area (Å²) in [7, 11) is 0. The van der Waals surface area contributed by atoms with Crippen molar-refractivity contribution < 1.29 is 5.11 Å². The van der Waals surface area contributed by atoms with Crippen LogP contribution in [0.25, 0.3) is 0 Å². The fourth-order valence-electron chi connectivity index (χ4n) is 2.49. The minimum absolute atomic E-state index is 0.0198. The number of aliphatic hydroxyl groups excluding tert-OH is 1. The summed E-state index contributed by atoms with van der Waals surface area (Å²) < 4.78 is 0. The van der Waals surface area contributed by atoms with E-state index >= 15 is 0 Å². The number of hydrogen-bond acceptors (Lipinski definition) is 2. The van der Waals surface area contributed by atoms with Gasteiger partial charge >= 0.3 is 0 Å². The summed E-state index contributed by atoms with van der Waals surface area (Å²) >= 11 is 0. The van der Waals surface area contributed by atoms with Crippen LogP contribution in [0.5, 0.6) is 0 Å². The zero-order chi connectivity index (χ0) is 11.4. The molecule has 0 bridgehead atoms. The van der Waals surface area contributed by atoms with E-state index in [0.717, 1.165) is 19.5 Å². The van der Waals surface area contributed by atoms with Crippen molar-refractivity contribution in [1.29, 1.82) is 0 Å². The van der Waals surface area contributed by atoms with Gasteiger partial charge in [-0.05, 0) is 31.9 Å². The number of rotatable bonds is 3. The Morgan fingerprint density at radius 1 is 1.25 bits per heavy atom. The number of likely N-dealkylation sites (tertiary alicyclic amines) is 1. The number of hydrogen-bond donors (Lipinski definition) is 1. The lowest BCUT2D eigenvalue weighted by atomic mass is 9.89. The highest BCUT2D eigenvalue weighted by Gasteiger charge is 2.33. The van der Waals surface area contributed by atoms with Gasteiger partial charge in [0, 0.05) is 12.1 Å². The average molecular weight is 219 g/mol. The lowest BCUT2D eigenvalue weighted by Gasteiger charge is -2.44. The lowest BCUT2D eigenvalue weighted by Crippen LogP contribution is -2.51. The molecule has 1 N–H and O–H groups in total. The minimum atomic E-state index is -0.0198. The van der Waals surface area contributed by atoms with Crippen LogP contribution < -0.4 is 0 Å². The van der Waals surface area contributed by atoms with Crippen LogP contribution in [-0.2, 0) is 6.54 Å². The fraction of sp³-hybridized carbons (Fsp3) is 0.571. The van der Waals surface area contributed by atoms with Crippen molar-refractivity contribution >= 4 is 0 Å². The lowest BCUT2D eigenvalue weighted by molar-refractivity contribution is 0.00633. The first-order valence-corrected chi connectivity index (χ1v) is 6.14. The van der Waals surface area contributed by atoms with Gasteiger partial charge in [-0.1, -0.05) is 36.8 Å². The zero-order valence-corrected chi connectivity index (χ0v) is 10.0. The Kier molecular flexibility index (Phi) is 3.62. The van der Waals surface area contributed by atoms with Crippen LogP contribution in [-0.4, -0.2) is 28.7 Å². The zero-order valence-electron chi connectivity index (χ0n) is 10.0. The van der Waals surface area contributed by atoms with Crippen molar-refractivity contribution in [1.82, 2.24) is 4.90 Å². The quantitative estimate of drug-likeness (QED) is 0.844. The molecule has 1 fully saturated rings. The highest BCUT2D eigenvalue weighted by atomic mass is 16.3. The maximum absolute atomic E-state index is 9.56. The Balaban J connectivity index is 2.07. The van der Waals surface area contributed by atoms with Crippen LogP contribution in [0.1, 0.15) is 31.7 Å². The van der Waals surface area contributed by atoms with E-state index in [2.05, 4.69) is 36.1 Å². The Morgan fingerprint density at radius 3 is 2.69 bits per heavy atom. The molecular weight excluding hydrogens is 198 g/mol. The Bertz CT molecular complexity index is 325. The molecule has 0 aliphatic carbocycles. The molecular formula is C14H21NO. The van der Waals surface area contributed by atoms with Crippen LogP contribution in [0.2, 0.25) is 0 Å². The predicted molar refractivity (Wildman–Crippen MR) is 66.2 cm³/mol. The molecule has 0 amide bonds. The Hall–Kier alpha value is -0.860. The van der Waals surface area contributed by atoms with Gasteiger partial charge in [-0.2, -0.15) is 0 Å². The first kappa shape index (κ1) is 11.6. The second-order valence-electron chi connectivity index (χ2n) is 5.02. The van der Waals surface area contributed by atoms with Crippen LogP contribution in [0, 0.1) is 0 Å². The summed E-state index contributed by atoms with van der Waals surface area (Å²) in [5.41, 5.74) is 1.32. The minimum Gasteiger partial charge on any atom is -0.394 e. The van der Waals surface area contributed by atoms with Crippen LogP contribution in [0.15, 0.2) is 30.3 Å². The van der Waals surface area contributed by atoms with Gasteiger partial charge < -0.3 is 5.11 Å². The molecule has 16 heavy (non-hydrogen) atoms. The van der Waals surface area contributed by atoms with Crippen LogP contribution in [0.4, 0.5) is 0 Å². The Morgan fingerprint density at radius 2 is 2.00 bits per heavy atom. The topological polar surface area (TPSA) is 23.5 Å². The number of piperidine rings is 1. The smallest absolute Gasteiger partial charge is 0.0612 e. The summed E-state index contributed by atoms with van der Waals surface area (Å²) in [5, 5.41) is 9.56. The van der Waals surface area contributed by atoms with Crippen LogP contribution >= 0.6 is 0 Å². The number of nitrogens with zero attached hydrogens (tertiary/aromatic N) is 1. The monoisotopic (exact) mass is 219 g/mol. The van der Waals surface area contributed by atoms with E-state index in [0.29, 0.717) is 0 Å². The van der Waals surface area contributed by atoms with E-state index in [1.807, 2.05) is 6.07 Å². The summed E-state index contributed by atoms with van der Waals surface area (Å²) in [6.45, 7) is 4.50. The van der Waals surface area contributed by atoms with Gasteiger partial charge in [0.05, 0.1) is 6.61 Å². The van der Waals surface area contributed by atoms with Crippen molar-refractivity contribution in [3.05, 3.63) is 35.9 Å². The second-order valence-corrected chi connectivity index (χ2v) is 5.02. The van der Waals surface area contributed by atoms with E-state index in [1.54, 1.807) is 0 Å².